The first-order valence-corrected chi connectivity index (χ1v) is 6.69. The second kappa shape index (κ2) is 6.32. The van der Waals surface area contributed by atoms with Crippen LogP contribution < -0.4 is 0 Å². The average molecular weight is 249 g/mol. The predicted molar refractivity (Wildman–Crippen MR) is 72.6 cm³/mol. The van der Waals surface area contributed by atoms with Gasteiger partial charge in [-0.05, 0) is 25.3 Å². The molecule has 1 fully saturated rings. The maximum atomic E-state index is 10.1. The minimum absolute atomic E-state index is 0.354. The van der Waals surface area contributed by atoms with E-state index >= 15 is 0 Å². The highest BCUT2D eigenvalue weighted by atomic mass is 16.5. The van der Waals surface area contributed by atoms with Crippen molar-refractivity contribution >= 4 is 0 Å². The molecule has 1 heterocycles. The predicted octanol–water partition coefficient (Wildman–Crippen LogP) is 2.14. The van der Waals surface area contributed by atoms with E-state index in [1.54, 1.807) is 7.11 Å². The van der Waals surface area contributed by atoms with Gasteiger partial charge in [0.1, 0.15) is 0 Å². The van der Waals surface area contributed by atoms with Crippen molar-refractivity contribution in [3.63, 3.8) is 0 Å². The summed E-state index contributed by atoms with van der Waals surface area (Å²) in [6, 6.07) is 8.13. The standard InChI is InChI=1S/C15H23NO2/c1-12-3-5-13(6-4-12)15(17)8-10-16-9-7-14(11-16)18-2/h3-6,14-15,17H,7-11H2,1-2H3. The van der Waals surface area contributed by atoms with E-state index in [-0.39, 0.29) is 6.10 Å². The summed E-state index contributed by atoms with van der Waals surface area (Å²) in [4.78, 5) is 2.37. The molecule has 18 heavy (non-hydrogen) atoms. The number of aryl methyl sites for hydroxylation is 1. The summed E-state index contributed by atoms with van der Waals surface area (Å²) < 4.78 is 5.34. The van der Waals surface area contributed by atoms with Gasteiger partial charge in [-0.15, -0.1) is 0 Å². The fourth-order valence-electron chi connectivity index (χ4n) is 2.45. The summed E-state index contributed by atoms with van der Waals surface area (Å²) >= 11 is 0. The zero-order valence-electron chi connectivity index (χ0n) is 11.3. The fraction of sp³-hybridized carbons (Fsp3) is 0.600. The van der Waals surface area contributed by atoms with Gasteiger partial charge in [-0.3, -0.25) is 0 Å². The van der Waals surface area contributed by atoms with E-state index in [1.165, 1.54) is 5.56 Å². The van der Waals surface area contributed by atoms with Crippen LogP contribution in [0.15, 0.2) is 24.3 Å². The molecule has 3 heteroatoms. The van der Waals surface area contributed by atoms with Crippen LogP contribution in [0.4, 0.5) is 0 Å². The molecule has 1 N–H and O–H groups in total. The van der Waals surface area contributed by atoms with Crippen LogP contribution >= 0.6 is 0 Å². The lowest BCUT2D eigenvalue weighted by atomic mass is 10.0. The first kappa shape index (κ1) is 13.5. The molecule has 1 aliphatic heterocycles. The number of aliphatic hydroxyl groups is 1. The van der Waals surface area contributed by atoms with E-state index in [1.807, 2.05) is 12.1 Å². The van der Waals surface area contributed by atoms with Gasteiger partial charge >= 0.3 is 0 Å². The lowest BCUT2D eigenvalue weighted by Gasteiger charge is -2.18. The molecule has 100 valence electrons. The van der Waals surface area contributed by atoms with Crippen molar-refractivity contribution in [3.05, 3.63) is 35.4 Å². The van der Waals surface area contributed by atoms with Crippen LogP contribution in [0.25, 0.3) is 0 Å². The van der Waals surface area contributed by atoms with E-state index in [4.69, 9.17) is 4.74 Å². The number of aliphatic hydroxyl groups excluding tert-OH is 1. The Morgan fingerprint density at radius 2 is 2.11 bits per heavy atom. The van der Waals surface area contributed by atoms with Gasteiger partial charge in [0.15, 0.2) is 0 Å². The molecule has 1 aliphatic rings. The molecule has 0 bridgehead atoms. The summed E-state index contributed by atoms with van der Waals surface area (Å²) in [7, 11) is 1.77. The minimum Gasteiger partial charge on any atom is -0.388 e. The van der Waals surface area contributed by atoms with Crippen molar-refractivity contribution in [2.45, 2.75) is 32.0 Å². The lowest BCUT2D eigenvalue weighted by molar-refractivity contribution is 0.102. The third-order valence-corrected chi connectivity index (χ3v) is 3.74. The molecule has 0 spiro atoms. The molecule has 1 aromatic carbocycles. The zero-order valence-corrected chi connectivity index (χ0v) is 11.3. The Morgan fingerprint density at radius 3 is 2.72 bits per heavy atom. The van der Waals surface area contributed by atoms with E-state index in [0.29, 0.717) is 6.10 Å². The number of rotatable bonds is 5. The van der Waals surface area contributed by atoms with Crippen molar-refractivity contribution in [2.75, 3.05) is 26.7 Å². The second-order valence-corrected chi connectivity index (χ2v) is 5.16. The van der Waals surface area contributed by atoms with Crippen molar-refractivity contribution in [3.8, 4) is 0 Å². The van der Waals surface area contributed by atoms with Gasteiger partial charge in [-0.1, -0.05) is 29.8 Å². The number of hydrogen-bond acceptors (Lipinski definition) is 3. The quantitative estimate of drug-likeness (QED) is 0.868. The number of nitrogens with zero attached hydrogens (tertiary/aromatic N) is 1. The van der Waals surface area contributed by atoms with Crippen LogP contribution in [-0.2, 0) is 4.74 Å². The Labute approximate surface area is 109 Å². The van der Waals surface area contributed by atoms with Gasteiger partial charge in [0.05, 0.1) is 12.2 Å². The molecule has 3 nitrogen and oxygen atoms in total. The molecule has 1 saturated heterocycles. The number of benzene rings is 1. The van der Waals surface area contributed by atoms with Crippen LogP contribution in [0.1, 0.15) is 30.1 Å². The average Bonchev–Trinajstić information content (AvgIpc) is 2.85. The van der Waals surface area contributed by atoms with Crippen LogP contribution in [0.2, 0.25) is 0 Å². The molecule has 0 saturated carbocycles. The molecule has 0 amide bonds. The van der Waals surface area contributed by atoms with Gasteiger partial charge in [0, 0.05) is 26.7 Å². The van der Waals surface area contributed by atoms with Crippen LogP contribution in [0.5, 0.6) is 0 Å². The summed E-state index contributed by atoms with van der Waals surface area (Å²) in [5.41, 5.74) is 2.25. The summed E-state index contributed by atoms with van der Waals surface area (Å²) in [6.07, 6.45) is 1.92. The highest BCUT2D eigenvalue weighted by Gasteiger charge is 2.22. The van der Waals surface area contributed by atoms with Crippen LogP contribution in [0.3, 0.4) is 0 Å². The first-order chi connectivity index (χ1) is 8.69. The van der Waals surface area contributed by atoms with Crippen LogP contribution in [0, 0.1) is 6.92 Å². The molecule has 0 radical (unpaired) electrons. The molecular weight excluding hydrogens is 226 g/mol. The van der Waals surface area contributed by atoms with Crippen molar-refractivity contribution in [2.24, 2.45) is 0 Å². The van der Waals surface area contributed by atoms with E-state index < -0.39 is 0 Å². The number of methoxy groups -OCH3 is 1. The molecule has 2 rings (SSSR count). The monoisotopic (exact) mass is 249 g/mol. The molecular formula is C15H23NO2. The maximum absolute atomic E-state index is 10.1. The lowest BCUT2D eigenvalue weighted by Crippen LogP contribution is -2.25. The smallest absolute Gasteiger partial charge is 0.0802 e. The van der Waals surface area contributed by atoms with E-state index in [0.717, 1.165) is 38.0 Å². The maximum Gasteiger partial charge on any atom is 0.0802 e. The van der Waals surface area contributed by atoms with Crippen molar-refractivity contribution in [1.29, 1.82) is 0 Å². The van der Waals surface area contributed by atoms with Gasteiger partial charge in [0.2, 0.25) is 0 Å². The minimum atomic E-state index is -0.354. The fourth-order valence-corrected chi connectivity index (χ4v) is 2.45. The van der Waals surface area contributed by atoms with Crippen molar-refractivity contribution in [1.82, 2.24) is 4.90 Å². The Hall–Kier alpha value is -0.900. The number of hydrogen-bond donors (Lipinski definition) is 1. The SMILES string of the molecule is COC1CCN(CCC(O)c2ccc(C)cc2)C1. The zero-order chi connectivity index (χ0) is 13.0. The van der Waals surface area contributed by atoms with E-state index in [9.17, 15) is 5.11 Å². The third-order valence-electron chi connectivity index (χ3n) is 3.74. The van der Waals surface area contributed by atoms with Gasteiger partial charge < -0.3 is 14.7 Å². The normalized spacial score (nSPS) is 22.3. The van der Waals surface area contributed by atoms with Gasteiger partial charge in [0.25, 0.3) is 0 Å². The highest BCUT2D eigenvalue weighted by molar-refractivity contribution is 5.23. The largest absolute Gasteiger partial charge is 0.388 e. The number of likely N-dealkylation sites (tertiary alicyclic amines) is 1. The summed E-state index contributed by atoms with van der Waals surface area (Å²) in [5.74, 6) is 0. The summed E-state index contributed by atoms with van der Waals surface area (Å²) in [5, 5.41) is 10.1. The Morgan fingerprint density at radius 1 is 1.39 bits per heavy atom. The second-order valence-electron chi connectivity index (χ2n) is 5.16. The molecule has 0 aliphatic carbocycles. The Bertz CT molecular complexity index is 363. The molecule has 2 unspecified atom stereocenters. The van der Waals surface area contributed by atoms with Crippen molar-refractivity contribution < 1.29 is 9.84 Å². The molecule has 1 aromatic rings. The Kier molecular flexibility index (Phi) is 4.75. The highest BCUT2D eigenvalue weighted by Crippen LogP contribution is 2.19. The first-order valence-electron chi connectivity index (χ1n) is 6.69. The molecule has 2 atom stereocenters. The van der Waals surface area contributed by atoms with Gasteiger partial charge in [-0.2, -0.15) is 0 Å². The summed E-state index contributed by atoms with van der Waals surface area (Å²) in [6.45, 7) is 5.08. The molecule has 0 aromatic heterocycles. The third kappa shape index (κ3) is 3.55. The van der Waals surface area contributed by atoms with Gasteiger partial charge in [-0.25, -0.2) is 0 Å². The van der Waals surface area contributed by atoms with Crippen LogP contribution in [-0.4, -0.2) is 42.9 Å². The Balaban J connectivity index is 1.78. The van der Waals surface area contributed by atoms with E-state index in [2.05, 4.69) is 24.0 Å². The number of ether oxygens (including phenoxy) is 1. The topological polar surface area (TPSA) is 32.7 Å².